The maximum absolute atomic E-state index is 5.68. The Balaban J connectivity index is 2.02. The molecule has 1 saturated heterocycles. The fourth-order valence-electron chi connectivity index (χ4n) is 1.52. The molecule has 0 bridgehead atoms. The SMILES string of the molecule is C/C=C\[C@H]1OC[C@H](c2ccccc2)O1. The number of hydrogen-bond acceptors (Lipinski definition) is 2. The third-order valence-corrected chi connectivity index (χ3v) is 2.23. The molecule has 0 saturated carbocycles. The summed E-state index contributed by atoms with van der Waals surface area (Å²) in [5, 5.41) is 0. The third kappa shape index (κ3) is 2.03. The molecule has 1 aliphatic heterocycles. The van der Waals surface area contributed by atoms with Crippen molar-refractivity contribution in [1.82, 2.24) is 0 Å². The molecule has 0 aromatic heterocycles. The lowest BCUT2D eigenvalue weighted by atomic mass is 10.1. The lowest BCUT2D eigenvalue weighted by molar-refractivity contribution is -0.0201. The molecule has 0 spiro atoms. The highest BCUT2D eigenvalue weighted by atomic mass is 16.7. The smallest absolute Gasteiger partial charge is 0.177 e. The molecule has 1 aliphatic rings. The van der Waals surface area contributed by atoms with Crippen molar-refractivity contribution >= 4 is 0 Å². The zero-order valence-electron chi connectivity index (χ0n) is 8.22. The molecule has 2 heteroatoms. The Hall–Kier alpha value is -1.12. The second-order valence-corrected chi connectivity index (χ2v) is 3.26. The van der Waals surface area contributed by atoms with E-state index in [4.69, 9.17) is 9.47 Å². The highest BCUT2D eigenvalue weighted by Gasteiger charge is 2.24. The van der Waals surface area contributed by atoms with Gasteiger partial charge in [-0.15, -0.1) is 0 Å². The first kappa shape index (κ1) is 9.44. The molecule has 1 fully saturated rings. The minimum atomic E-state index is -0.176. The summed E-state index contributed by atoms with van der Waals surface area (Å²) in [6, 6.07) is 10.2. The molecule has 1 aromatic carbocycles. The van der Waals surface area contributed by atoms with E-state index in [0.717, 1.165) is 0 Å². The Kier molecular flexibility index (Phi) is 2.96. The van der Waals surface area contributed by atoms with Crippen molar-refractivity contribution in [3.63, 3.8) is 0 Å². The van der Waals surface area contributed by atoms with Crippen molar-refractivity contribution in [3.8, 4) is 0 Å². The van der Waals surface area contributed by atoms with Gasteiger partial charge in [0.25, 0.3) is 0 Å². The van der Waals surface area contributed by atoms with E-state index in [0.29, 0.717) is 6.61 Å². The molecule has 2 nitrogen and oxygen atoms in total. The second-order valence-electron chi connectivity index (χ2n) is 3.26. The molecular weight excluding hydrogens is 176 g/mol. The molecule has 0 aliphatic carbocycles. The minimum Gasteiger partial charge on any atom is -0.346 e. The molecule has 0 amide bonds. The van der Waals surface area contributed by atoms with Crippen LogP contribution >= 0.6 is 0 Å². The average molecular weight is 190 g/mol. The zero-order valence-corrected chi connectivity index (χ0v) is 8.22. The molecule has 2 rings (SSSR count). The molecule has 1 heterocycles. The van der Waals surface area contributed by atoms with Gasteiger partial charge in [0.1, 0.15) is 6.10 Å². The molecule has 0 N–H and O–H groups in total. The first-order valence-corrected chi connectivity index (χ1v) is 4.85. The van der Waals surface area contributed by atoms with Gasteiger partial charge in [0.15, 0.2) is 6.29 Å². The predicted molar refractivity (Wildman–Crippen MR) is 54.8 cm³/mol. The van der Waals surface area contributed by atoms with E-state index in [1.54, 1.807) is 0 Å². The summed E-state index contributed by atoms with van der Waals surface area (Å²) in [6.45, 7) is 2.60. The monoisotopic (exact) mass is 190 g/mol. The summed E-state index contributed by atoms with van der Waals surface area (Å²) in [6.07, 6.45) is 3.77. The van der Waals surface area contributed by atoms with Crippen molar-refractivity contribution in [2.24, 2.45) is 0 Å². The van der Waals surface area contributed by atoms with Gasteiger partial charge in [-0.2, -0.15) is 0 Å². The van der Waals surface area contributed by atoms with Crippen LogP contribution in [0.1, 0.15) is 18.6 Å². The largest absolute Gasteiger partial charge is 0.346 e. The zero-order chi connectivity index (χ0) is 9.80. The van der Waals surface area contributed by atoms with E-state index < -0.39 is 0 Å². The van der Waals surface area contributed by atoms with Crippen molar-refractivity contribution in [1.29, 1.82) is 0 Å². The number of hydrogen-bond donors (Lipinski definition) is 0. The number of allylic oxidation sites excluding steroid dienone is 1. The Labute approximate surface area is 84.2 Å². The third-order valence-electron chi connectivity index (χ3n) is 2.23. The maximum atomic E-state index is 5.68. The molecular formula is C12H14O2. The summed E-state index contributed by atoms with van der Waals surface area (Å²) >= 11 is 0. The Morgan fingerprint density at radius 3 is 2.79 bits per heavy atom. The van der Waals surface area contributed by atoms with E-state index in [1.807, 2.05) is 37.3 Å². The van der Waals surface area contributed by atoms with Gasteiger partial charge in [0, 0.05) is 0 Å². The van der Waals surface area contributed by atoms with Gasteiger partial charge in [-0.1, -0.05) is 36.4 Å². The highest BCUT2D eigenvalue weighted by molar-refractivity contribution is 5.18. The summed E-state index contributed by atoms with van der Waals surface area (Å²) in [4.78, 5) is 0. The predicted octanol–water partition coefficient (Wildman–Crippen LogP) is 2.68. The van der Waals surface area contributed by atoms with Crippen LogP contribution in [0.15, 0.2) is 42.5 Å². The first-order chi connectivity index (χ1) is 6.90. The van der Waals surface area contributed by atoms with Crippen LogP contribution in [0, 0.1) is 0 Å². The van der Waals surface area contributed by atoms with Crippen LogP contribution in [-0.4, -0.2) is 12.9 Å². The summed E-state index contributed by atoms with van der Waals surface area (Å²) in [5.41, 5.74) is 1.18. The van der Waals surface area contributed by atoms with Gasteiger partial charge >= 0.3 is 0 Å². The van der Waals surface area contributed by atoms with Crippen molar-refractivity contribution in [2.75, 3.05) is 6.61 Å². The van der Waals surface area contributed by atoms with Crippen LogP contribution in [0.25, 0.3) is 0 Å². The van der Waals surface area contributed by atoms with Gasteiger partial charge in [-0.05, 0) is 18.6 Å². The second kappa shape index (κ2) is 4.40. The van der Waals surface area contributed by atoms with Gasteiger partial charge in [-0.25, -0.2) is 0 Å². The fraction of sp³-hybridized carbons (Fsp3) is 0.333. The Bertz CT molecular complexity index is 305. The van der Waals surface area contributed by atoms with E-state index in [-0.39, 0.29) is 12.4 Å². The van der Waals surface area contributed by atoms with Gasteiger partial charge < -0.3 is 9.47 Å². The number of rotatable bonds is 2. The normalized spacial score (nSPS) is 27.2. The van der Waals surface area contributed by atoms with Crippen LogP contribution in [-0.2, 0) is 9.47 Å². The van der Waals surface area contributed by atoms with Crippen molar-refractivity contribution in [3.05, 3.63) is 48.0 Å². The Morgan fingerprint density at radius 1 is 1.29 bits per heavy atom. The summed E-state index contributed by atoms with van der Waals surface area (Å²) in [7, 11) is 0. The van der Waals surface area contributed by atoms with E-state index in [1.165, 1.54) is 5.56 Å². The van der Waals surface area contributed by atoms with Crippen LogP contribution in [0.4, 0.5) is 0 Å². The molecule has 1 aromatic rings. The molecule has 2 atom stereocenters. The lowest BCUT2D eigenvalue weighted by Crippen LogP contribution is -2.03. The van der Waals surface area contributed by atoms with Gasteiger partial charge in [0.2, 0.25) is 0 Å². The standard InChI is InChI=1S/C12H14O2/c1-2-6-12-13-9-11(14-12)10-7-4-3-5-8-10/h2-8,11-12H,9H2,1H3/b6-2-/t11-,12+/m1/s1. The molecule has 0 radical (unpaired) electrons. The molecule has 14 heavy (non-hydrogen) atoms. The highest BCUT2D eigenvalue weighted by Crippen LogP contribution is 2.26. The molecule has 74 valence electrons. The van der Waals surface area contributed by atoms with E-state index in [2.05, 4.69) is 12.1 Å². The maximum Gasteiger partial charge on any atom is 0.177 e. The van der Waals surface area contributed by atoms with E-state index in [9.17, 15) is 0 Å². The summed E-state index contributed by atoms with van der Waals surface area (Å²) in [5.74, 6) is 0. The number of benzene rings is 1. The van der Waals surface area contributed by atoms with Crippen molar-refractivity contribution < 1.29 is 9.47 Å². The topological polar surface area (TPSA) is 18.5 Å². The van der Waals surface area contributed by atoms with Crippen LogP contribution in [0.2, 0.25) is 0 Å². The Morgan fingerprint density at radius 2 is 2.07 bits per heavy atom. The average Bonchev–Trinajstić information content (AvgIpc) is 2.68. The number of ether oxygens (including phenoxy) is 2. The molecule has 0 unspecified atom stereocenters. The van der Waals surface area contributed by atoms with Gasteiger partial charge in [-0.3, -0.25) is 0 Å². The first-order valence-electron chi connectivity index (χ1n) is 4.85. The minimum absolute atomic E-state index is 0.0809. The van der Waals surface area contributed by atoms with Crippen LogP contribution in [0.3, 0.4) is 0 Å². The van der Waals surface area contributed by atoms with Crippen LogP contribution < -0.4 is 0 Å². The lowest BCUT2D eigenvalue weighted by Gasteiger charge is -2.08. The van der Waals surface area contributed by atoms with Crippen molar-refractivity contribution in [2.45, 2.75) is 19.3 Å². The van der Waals surface area contributed by atoms with Crippen LogP contribution in [0.5, 0.6) is 0 Å². The fourth-order valence-corrected chi connectivity index (χ4v) is 1.52. The van der Waals surface area contributed by atoms with E-state index >= 15 is 0 Å². The quantitative estimate of drug-likeness (QED) is 0.667. The summed E-state index contributed by atoms with van der Waals surface area (Å²) < 4.78 is 11.1. The van der Waals surface area contributed by atoms with Gasteiger partial charge in [0.05, 0.1) is 6.61 Å².